The Balaban J connectivity index is 1.93. The number of fused-ring (bicyclic) bond motifs is 1. The van der Waals surface area contributed by atoms with E-state index >= 15 is 0 Å². The van der Waals surface area contributed by atoms with Gasteiger partial charge in [0.2, 0.25) is 5.91 Å². The summed E-state index contributed by atoms with van der Waals surface area (Å²) >= 11 is 8.76. The molecule has 2 rings (SSSR count). The fourth-order valence-electron chi connectivity index (χ4n) is 1.69. The van der Waals surface area contributed by atoms with Crippen LogP contribution in [0.3, 0.4) is 0 Å². The van der Waals surface area contributed by atoms with Crippen LogP contribution in [0, 0.1) is 5.92 Å². The van der Waals surface area contributed by atoms with Crippen LogP contribution in [-0.2, 0) is 4.79 Å². The summed E-state index contributed by atoms with van der Waals surface area (Å²) in [5, 5.41) is 5.21. The van der Waals surface area contributed by atoms with Gasteiger partial charge in [0.1, 0.15) is 0 Å². The van der Waals surface area contributed by atoms with E-state index < -0.39 is 11.3 Å². The van der Waals surface area contributed by atoms with Gasteiger partial charge in [-0.15, -0.1) is 11.3 Å². The Kier molecular flexibility index (Phi) is 6.26. The third-order valence-corrected chi connectivity index (χ3v) is 5.35. The van der Waals surface area contributed by atoms with Gasteiger partial charge in [-0.2, -0.15) is 0 Å². The van der Waals surface area contributed by atoms with Crippen LogP contribution in [0.5, 0.6) is 0 Å². The van der Waals surface area contributed by atoms with Crippen molar-refractivity contribution in [3.05, 3.63) is 23.2 Å². The number of carbonyl (C=O) groups is 2. The van der Waals surface area contributed by atoms with Gasteiger partial charge in [0.25, 0.3) is 0 Å². The Morgan fingerprint density at radius 1 is 1.35 bits per heavy atom. The number of aromatic nitrogens is 1. The third-order valence-electron chi connectivity index (χ3n) is 2.88. The number of nitrogens with zero attached hydrogens (tertiary/aromatic N) is 1. The molecule has 0 saturated heterocycles. The van der Waals surface area contributed by atoms with Gasteiger partial charge in [0.15, 0.2) is 4.34 Å². The number of thioether (sulfide) groups is 1. The molecule has 1 aromatic heterocycles. The molecule has 23 heavy (non-hydrogen) atoms. The number of benzene rings is 1. The Morgan fingerprint density at radius 2 is 2.09 bits per heavy atom. The molecular formula is C15H18ClN3O2S2. The summed E-state index contributed by atoms with van der Waals surface area (Å²) in [6.07, 6.45) is 0. The average Bonchev–Trinajstić information content (AvgIpc) is 2.86. The summed E-state index contributed by atoms with van der Waals surface area (Å²) in [7, 11) is 0. The highest BCUT2D eigenvalue weighted by Gasteiger charge is 2.19. The molecule has 1 aromatic carbocycles. The number of carbonyl (C=O) groups excluding carboxylic acids is 2. The molecule has 2 aromatic rings. The molecule has 5 nitrogen and oxygen atoms in total. The smallest absolute Gasteiger partial charge is 0.321 e. The van der Waals surface area contributed by atoms with E-state index in [-0.39, 0.29) is 5.91 Å². The number of hydrogen-bond donors (Lipinski definition) is 2. The lowest BCUT2D eigenvalue weighted by Crippen LogP contribution is -2.43. The van der Waals surface area contributed by atoms with Crippen molar-refractivity contribution in [1.29, 1.82) is 0 Å². The van der Waals surface area contributed by atoms with Gasteiger partial charge in [0, 0.05) is 11.6 Å². The number of hydrogen-bond acceptors (Lipinski definition) is 5. The lowest BCUT2D eigenvalue weighted by Gasteiger charge is -2.11. The second-order valence-electron chi connectivity index (χ2n) is 5.45. The number of nitrogens with one attached hydrogen (secondary N) is 2. The lowest BCUT2D eigenvalue weighted by atomic mass is 10.2. The Labute approximate surface area is 148 Å². The minimum atomic E-state index is -0.466. The number of urea groups is 1. The molecule has 124 valence electrons. The highest BCUT2D eigenvalue weighted by molar-refractivity contribution is 8.02. The quantitative estimate of drug-likeness (QED) is 0.781. The number of thiazole rings is 1. The maximum atomic E-state index is 12.0. The Hall–Kier alpha value is -1.31. The molecule has 0 aliphatic rings. The van der Waals surface area contributed by atoms with E-state index in [0.29, 0.717) is 17.5 Å². The predicted octanol–water partition coefficient (Wildman–Crippen LogP) is 3.91. The van der Waals surface area contributed by atoms with Crippen LogP contribution >= 0.6 is 34.7 Å². The molecule has 3 amide bonds. The summed E-state index contributed by atoms with van der Waals surface area (Å²) < 4.78 is 1.78. The third kappa shape index (κ3) is 5.37. The van der Waals surface area contributed by atoms with Crippen LogP contribution in [-0.4, -0.2) is 28.7 Å². The van der Waals surface area contributed by atoms with Crippen molar-refractivity contribution >= 4 is 56.9 Å². The van der Waals surface area contributed by atoms with Crippen molar-refractivity contribution in [1.82, 2.24) is 15.6 Å². The molecule has 0 spiro atoms. The van der Waals surface area contributed by atoms with Crippen molar-refractivity contribution in [2.75, 3.05) is 6.54 Å². The van der Waals surface area contributed by atoms with Crippen LogP contribution in [0.2, 0.25) is 5.02 Å². The minimum absolute atomic E-state index is 0.331. The van der Waals surface area contributed by atoms with Crippen LogP contribution in [0.4, 0.5) is 4.79 Å². The van der Waals surface area contributed by atoms with Gasteiger partial charge in [-0.25, -0.2) is 9.78 Å². The average molecular weight is 372 g/mol. The zero-order chi connectivity index (χ0) is 17.0. The highest BCUT2D eigenvalue weighted by atomic mass is 35.5. The predicted molar refractivity (Wildman–Crippen MR) is 96.3 cm³/mol. The Morgan fingerprint density at radius 3 is 2.78 bits per heavy atom. The number of rotatable bonds is 5. The second-order valence-corrected chi connectivity index (χ2v) is 8.50. The van der Waals surface area contributed by atoms with Gasteiger partial charge in [-0.3, -0.25) is 10.1 Å². The monoisotopic (exact) mass is 371 g/mol. The summed E-state index contributed by atoms with van der Waals surface area (Å²) in [6, 6.07) is 5.05. The van der Waals surface area contributed by atoms with Gasteiger partial charge in [-0.05, 0) is 31.0 Å². The van der Waals surface area contributed by atoms with Gasteiger partial charge in [-0.1, -0.05) is 37.2 Å². The first-order chi connectivity index (χ1) is 10.8. The summed E-state index contributed by atoms with van der Waals surface area (Å²) in [5.74, 6) is -0.00855. The Bertz CT molecular complexity index is 718. The molecule has 2 N–H and O–H groups in total. The standard InChI is InChI=1S/C15H18ClN3O2S2/c1-8(2)7-17-14(21)19-13(20)9(3)22-15-18-11-6-10(16)4-5-12(11)23-15/h4-6,8-9H,7H2,1-3H3,(H2,17,19,20,21). The van der Waals surface area contributed by atoms with Crippen molar-refractivity contribution in [2.45, 2.75) is 30.4 Å². The molecule has 1 heterocycles. The molecule has 0 radical (unpaired) electrons. The van der Waals surface area contributed by atoms with Crippen LogP contribution in [0.25, 0.3) is 10.2 Å². The van der Waals surface area contributed by atoms with Crippen LogP contribution in [0.1, 0.15) is 20.8 Å². The molecule has 1 unspecified atom stereocenters. The first-order valence-corrected chi connectivity index (χ1v) is 9.24. The fraction of sp³-hybridized carbons (Fsp3) is 0.400. The zero-order valence-electron chi connectivity index (χ0n) is 13.1. The fourth-order valence-corrected chi connectivity index (χ4v) is 4.05. The van der Waals surface area contributed by atoms with E-state index in [4.69, 9.17) is 11.6 Å². The van der Waals surface area contributed by atoms with Crippen molar-refractivity contribution < 1.29 is 9.59 Å². The van der Waals surface area contributed by atoms with E-state index in [1.165, 1.54) is 23.1 Å². The van der Waals surface area contributed by atoms with Gasteiger partial charge < -0.3 is 5.32 Å². The van der Waals surface area contributed by atoms with Crippen molar-refractivity contribution in [3.63, 3.8) is 0 Å². The van der Waals surface area contributed by atoms with E-state index in [2.05, 4.69) is 15.6 Å². The highest BCUT2D eigenvalue weighted by Crippen LogP contribution is 2.33. The van der Waals surface area contributed by atoms with Gasteiger partial charge in [0.05, 0.1) is 15.5 Å². The summed E-state index contributed by atoms with van der Waals surface area (Å²) in [4.78, 5) is 28.1. The van der Waals surface area contributed by atoms with Crippen LogP contribution < -0.4 is 10.6 Å². The first kappa shape index (κ1) is 18.0. The van der Waals surface area contributed by atoms with E-state index in [0.717, 1.165) is 14.6 Å². The number of halogens is 1. The summed E-state index contributed by atoms with van der Waals surface area (Å²) in [5.41, 5.74) is 0.812. The molecule has 0 aliphatic carbocycles. The van der Waals surface area contributed by atoms with Crippen molar-refractivity contribution in [3.8, 4) is 0 Å². The lowest BCUT2D eigenvalue weighted by molar-refractivity contribution is -0.119. The van der Waals surface area contributed by atoms with Crippen molar-refractivity contribution in [2.24, 2.45) is 5.92 Å². The minimum Gasteiger partial charge on any atom is -0.338 e. The maximum absolute atomic E-state index is 12.0. The molecule has 1 atom stereocenters. The molecule has 0 aliphatic heterocycles. The first-order valence-electron chi connectivity index (χ1n) is 7.16. The number of imide groups is 1. The summed E-state index contributed by atoms with van der Waals surface area (Å²) in [6.45, 7) is 6.24. The van der Waals surface area contributed by atoms with Gasteiger partial charge >= 0.3 is 6.03 Å². The molecular weight excluding hydrogens is 354 g/mol. The van der Waals surface area contributed by atoms with Crippen LogP contribution in [0.15, 0.2) is 22.5 Å². The SMILES string of the molecule is CC(C)CNC(=O)NC(=O)C(C)Sc1nc2cc(Cl)ccc2s1. The topological polar surface area (TPSA) is 71.1 Å². The zero-order valence-corrected chi connectivity index (χ0v) is 15.4. The van der Waals surface area contributed by atoms with E-state index in [9.17, 15) is 9.59 Å². The second kappa shape index (κ2) is 7.99. The largest absolute Gasteiger partial charge is 0.338 e. The van der Waals surface area contributed by atoms with E-state index in [1.807, 2.05) is 26.0 Å². The number of amides is 3. The molecule has 0 bridgehead atoms. The normalized spacial score (nSPS) is 12.4. The molecule has 0 fully saturated rings. The molecule has 8 heteroatoms. The maximum Gasteiger partial charge on any atom is 0.321 e. The molecule has 0 saturated carbocycles. The van der Waals surface area contributed by atoms with E-state index in [1.54, 1.807) is 13.0 Å².